The maximum atomic E-state index is 12.2. The lowest BCUT2D eigenvalue weighted by Gasteiger charge is -2.21. The second-order valence-corrected chi connectivity index (χ2v) is 7.21. The second kappa shape index (κ2) is 9.71. The summed E-state index contributed by atoms with van der Waals surface area (Å²) in [6, 6.07) is 5.90. The van der Waals surface area contributed by atoms with E-state index in [0.717, 1.165) is 25.9 Å². The van der Waals surface area contributed by atoms with Crippen LogP contribution in [0.2, 0.25) is 0 Å². The maximum absolute atomic E-state index is 12.2. The van der Waals surface area contributed by atoms with Gasteiger partial charge in [0, 0.05) is 11.6 Å². The summed E-state index contributed by atoms with van der Waals surface area (Å²) in [7, 11) is -2.69. The highest BCUT2D eigenvalue weighted by molar-refractivity contribution is 7.89. The molecule has 25 heavy (non-hydrogen) atoms. The van der Waals surface area contributed by atoms with Crippen LogP contribution in [0.5, 0.6) is 0 Å². The lowest BCUT2D eigenvalue weighted by molar-refractivity contribution is -0.139. The number of carbonyl (C=O) groups is 2. The molecule has 0 spiro atoms. The van der Waals surface area contributed by atoms with E-state index in [9.17, 15) is 18.0 Å². The highest BCUT2D eigenvalue weighted by Crippen LogP contribution is 2.18. The van der Waals surface area contributed by atoms with Crippen molar-refractivity contribution in [2.45, 2.75) is 17.7 Å². The minimum atomic E-state index is -3.86. The SMILES string of the molecule is COC(=O)CNS(=O)(=O)c1cccc(NC(=O)C2CCNCC2)c1.Cl. The second-order valence-electron chi connectivity index (χ2n) is 5.44. The topological polar surface area (TPSA) is 114 Å². The van der Waals surface area contributed by atoms with Crippen molar-refractivity contribution in [1.82, 2.24) is 10.0 Å². The van der Waals surface area contributed by atoms with Crippen LogP contribution in [0.4, 0.5) is 5.69 Å². The van der Waals surface area contributed by atoms with Crippen LogP contribution in [0.3, 0.4) is 0 Å². The van der Waals surface area contributed by atoms with E-state index in [-0.39, 0.29) is 29.1 Å². The average molecular weight is 392 g/mol. The van der Waals surface area contributed by atoms with Crippen LogP contribution in [0.1, 0.15) is 12.8 Å². The number of piperidine rings is 1. The summed E-state index contributed by atoms with van der Waals surface area (Å²) in [4.78, 5) is 23.3. The van der Waals surface area contributed by atoms with E-state index in [1.54, 1.807) is 6.07 Å². The zero-order chi connectivity index (χ0) is 17.6. The van der Waals surface area contributed by atoms with Gasteiger partial charge >= 0.3 is 5.97 Å². The Morgan fingerprint density at radius 3 is 2.60 bits per heavy atom. The van der Waals surface area contributed by atoms with Gasteiger partial charge in [-0.1, -0.05) is 6.07 Å². The number of rotatable bonds is 6. The number of halogens is 1. The molecule has 1 saturated heterocycles. The summed E-state index contributed by atoms with van der Waals surface area (Å²) >= 11 is 0. The molecule has 10 heteroatoms. The van der Waals surface area contributed by atoms with E-state index in [0.29, 0.717) is 5.69 Å². The van der Waals surface area contributed by atoms with Crippen LogP contribution in [-0.4, -0.2) is 47.0 Å². The Labute approximate surface area is 153 Å². The normalized spacial score (nSPS) is 15.1. The number of ether oxygens (including phenoxy) is 1. The molecule has 1 amide bonds. The van der Waals surface area contributed by atoms with Gasteiger partial charge in [-0.3, -0.25) is 9.59 Å². The fraction of sp³-hybridized carbons (Fsp3) is 0.467. The Kier molecular flexibility index (Phi) is 8.30. The van der Waals surface area contributed by atoms with Gasteiger partial charge in [-0.15, -0.1) is 12.4 Å². The van der Waals surface area contributed by atoms with E-state index in [2.05, 4.69) is 20.1 Å². The van der Waals surface area contributed by atoms with E-state index in [1.807, 2.05) is 0 Å². The van der Waals surface area contributed by atoms with Crippen molar-refractivity contribution in [2.24, 2.45) is 5.92 Å². The van der Waals surface area contributed by atoms with Crippen molar-refractivity contribution in [2.75, 3.05) is 32.1 Å². The molecular formula is C15H22ClN3O5S. The van der Waals surface area contributed by atoms with E-state index >= 15 is 0 Å². The standard InChI is InChI=1S/C15H21N3O5S.ClH/c1-23-14(19)10-17-24(21,22)13-4-2-3-12(9-13)18-15(20)11-5-7-16-8-6-11;/h2-4,9,11,16-17H,5-8,10H2,1H3,(H,18,20);1H. The van der Waals surface area contributed by atoms with Crippen molar-refractivity contribution in [1.29, 1.82) is 0 Å². The van der Waals surface area contributed by atoms with Crippen molar-refractivity contribution in [3.8, 4) is 0 Å². The van der Waals surface area contributed by atoms with Crippen molar-refractivity contribution in [3.05, 3.63) is 24.3 Å². The Morgan fingerprint density at radius 1 is 1.28 bits per heavy atom. The molecular weight excluding hydrogens is 370 g/mol. The lowest BCUT2D eigenvalue weighted by Crippen LogP contribution is -2.34. The van der Waals surface area contributed by atoms with Crippen molar-refractivity contribution >= 4 is 40.0 Å². The zero-order valence-corrected chi connectivity index (χ0v) is 15.4. The first-order valence-corrected chi connectivity index (χ1v) is 9.09. The van der Waals surface area contributed by atoms with Crippen LogP contribution in [-0.2, 0) is 24.3 Å². The zero-order valence-electron chi connectivity index (χ0n) is 13.8. The lowest BCUT2D eigenvalue weighted by atomic mass is 9.97. The first kappa shape index (κ1) is 21.4. The summed E-state index contributed by atoms with van der Waals surface area (Å²) in [6.07, 6.45) is 1.51. The number of benzene rings is 1. The van der Waals surface area contributed by atoms with E-state index in [1.165, 1.54) is 25.3 Å². The molecule has 2 rings (SSSR count). The monoisotopic (exact) mass is 391 g/mol. The minimum Gasteiger partial charge on any atom is -0.468 e. The van der Waals surface area contributed by atoms with Crippen molar-refractivity contribution < 1.29 is 22.7 Å². The molecule has 0 aliphatic carbocycles. The summed E-state index contributed by atoms with van der Waals surface area (Å²) in [5.41, 5.74) is 0.402. The molecule has 3 N–H and O–H groups in total. The molecule has 1 aromatic carbocycles. The molecule has 0 bridgehead atoms. The average Bonchev–Trinajstić information content (AvgIpc) is 2.60. The largest absolute Gasteiger partial charge is 0.468 e. The fourth-order valence-corrected chi connectivity index (χ4v) is 3.39. The van der Waals surface area contributed by atoms with E-state index in [4.69, 9.17) is 0 Å². The van der Waals surface area contributed by atoms with Gasteiger partial charge in [0.2, 0.25) is 15.9 Å². The van der Waals surface area contributed by atoms with Crippen LogP contribution >= 0.6 is 12.4 Å². The third-order valence-electron chi connectivity index (χ3n) is 3.76. The van der Waals surface area contributed by atoms with Gasteiger partial charge in [-0.25, -0.2) is 8.42 Å². The Morgan fingerprint density at radius 2 is 1.96 bits per heavy atom. The molecule has 0 unspecified atom stereocenters. The van der Waals surface area contributed by atoms with E-state index < -0.39 is 22.5 Å². The molecule has 1 aliphatic rings. The summed E-state index contributed by atoms with van der Waals surface area (Å²) in [6.45, 7) is 1.14. The van der Waals surface area contributed by atoms with Crippen LogP contribution in [0, 0.1) is 5.92 Å². The van der Waals surface area contributed by atoms with Gasteiger partial charge in [0.15, 0.2) is 0 Å². The Balaban J connectivity index is 0.00000312. The van der Waals surface area contributed by atoms with Gasteiger partial charge in [-0.05, 0) is 44.1 Å². The van der Waals surface area contributed by atoms with Gasteiger partial charge in [-0.2, -0.15) is 4.72 Å². The predicted molar refractivity (Wildman–Crippen MR) is 95.1 cm³/mol. The predicted octanol–water partition coefficient (Wildman–Crippen LogP) is 0.498. The van der Waals surface area contributed by atoms with Gasteiger partial charge in [0.25, 0.3) is 0 Å². The third kappa shape index (κ3) is 6.28. The molecule has 0 saturated carbocycles. The summed E-state index contributed by atoms with van der Waals surface area (Å²) in [5, 5.41) is 5.93. The highest BCUT2D eigenvalue weighted by atomic mass is 35.5. The molecule has 8 nitrogen and oxygen atoms in total. The van der Waals surface area contributed by atoms with Crippen LogP contribution in [0.25, 0.3) is 0 Å². The van der Waals surface area contributed by atoms with Crippen LogP contribution < -0.4 is 15.4 Å². The smallest absolute Gasteiger partial charge is 0.320 e. The molecule has 1 fully saturated rings. The Hall–Kier alpha value is -1.68. The number of hydrogen-bond donors (Lipinski definition) is 3. The third-order valence-corrected chi connectivity index (χ3v) is 5.15. The number of anilines is 1. The molecule has 0 aromatic heterocycles. The number of hydrogen-bond acceptors (Lipinski definition) is 6. The van der Waals surface area contributed by atoms with Gasteiger partial charge in [0.1, 0.15) is 6.54 Å². The molecule has 140 valence electrons. The molecule has 0 radical (unpaired) electrons. The number of sulfonamides is 1. The number of amides is 1. The number of methoxy groups -OCH3 is 1. The quantitative estimate of drug-likeness (QED) is 0.608. The van der Waals surface area contributed by atoms with Gasteiger partial charge in [0.05, 0.1) is 12.0 Å². The number of esters is 1. The first-order valence-electron chi connectivity index (χ1n) is 7.60. The maximum Gasteiger partial charge on any atom is 0.320 e. The first-order chi connectivity index (χ1) is 11.4. The van der Waals surface area contributed by atoms with Gasteiger partial charge < -0.3 is 15.4 Å². The molecule has 1 aromatic rings. The summed E-state index contributed by atoms with van der Waals surface area (Å²) < 4.78 is 30.8. The number of carbonyl (C=O) groups excluding carboxylic acids is 2. The Bertz CT molecular complexity index is 705. The number of nitrogens with one attached hydrogen (secondary N) is 3. The molecule has 0 atom stereocenters. The summed E-state index contributed by atoms with van der Waals surface area (Å²) in [5.74, 6) is -0.883. The molecule has 1 heterocycles. The fourth-order valence-electron chi connectivity index (χ4n) is 2.38. The van der Waals surface area contributed by atoms with Crippen LogP contribution in [0.15, 0.2) is 29.2 Å². The molecule has 1 aliphatic heterocycles. The van der Waals surface area contributed by atoms with Crippen molar-refractivity contribution in [3.63, 3.8) is 0 Å². The minimum absolute atomic E-state index is 0. The highest BCUT2D eigenvalue weighted by Gasteiger charge is 2.22.